The van der Waals surface area contributed by atoms with E-state index in [1.807, 2.05) is 0 Å². The van der Waals surface area contributed by atoms with Crippen LogP contribution in [0.5, 0.6) is 0 Å². The fourth-order valence-electron chi connectivity index (χ4n) is 1.14. The van der Waals surface area contributed by atoms with Crippen molar-refractivity contribution in [3.8, 4) is 0 Å². The number of rotatable bonds is 6. The summed E-state index contributed by atoms with van der Waals surface area (Å²) in [6.45, 7) is 10.8. The first-order valence-electron chi connectivity index (χ1n) is 4.90. The number of unbranched alkanes of at least 4 members (excludes halogenated alkanes) is 2. The second-order valence-electron chi connectivity index (χ2n) is 3.42. The first kappa shape index (κ1) is 10.7. The molecule has 0 aliphatic rings. The Labute approximate surface area is 71.7 Å². The summed E-state index contributed by atoms with van der Waals surface area (Å²) in [5.74, 6) is 0.729. The van der Waals surface area contributed by atoms with Crippen LogP contribution in [-0.4, -0.2) is 0 Å². The first-order chi connectivity index (χ1) is 5.22. The van der Waals surface area contributed by atoms with E-state index >= 15 is 0 Å². The predicted octanol–water partition coefficient (Wildman–Crippen LogP) is 4.17. The minimum absolute atomic E-state index is 0.729. The fourth-order valence-corrected chi connectivity index (χ4v) is 1.14. The molecule has 66 valence electrons. The lowest BCUT2D eigenvalue weighted by Gasteiger charge is -2.11. The molecule has 0 heteroatoms. The maximum absolute atomic E-state index is 4.10. The molecule has 0 aliphatic heterocycles. The van der Waals surface area contributed by atoms with Crippen molar-refractivity contribution in [2.75, 3.05) is 0 Å². The Morgan fingerprint density at radius 2 is 1.91 bits per heavy atom. The average Bonchev–Trinajstić information content (AvgIpc) is 2.03. The van der Waals surface area contributed by atoms with E-state index < -0.39 is 0 Å². The van der Waals surface area contributed by atoms with Crippen LogP contribution in [0.15, 0.2) is 12.2 Å². The molecule has 0 aromatic rings. The van der Waals surface area contributed by atoms with Crippen molar-refractivity contribution in [2.24, 2.45) is 5.92 Å². The molecular weight excluding hydrogens is 132 g/mol. The van der Waals surface area contributed by atoms with E-state index in [0.29, 0.717) is 0 Å². The molecule has 0 rings (SSSR count). The number of hydrogen-bond acceptors (Lipinski definition) is 0. The van der Waals surface area contributed by atoms with Gasteiger partial charge in [0.15, 0.2) is 0 Å². The molecule has 0 fully saturated rings. The second kappa shape index (κ2) is 6.45. The third kappa shape index (κ3) is 5.06. The third-order valence-electron chi connectivity index (χ3n) is 2.41. The van der Waals surface area contributed by atoms with Crippen LogP contribution in [0.2, 0.25) is 0 Å². The summed E-state index contributed by atoms with van der Waals surface area (Å²) in [7, 11) is 0. The molecule has 0 radical (unpaired) electrons. The minimum Gasteiger partial charge on any atom is -0.0996 e. The lowest BCUT2D eigenvalue weighted by molar-refractivity contribution is 0.598. The SMILES string of the molecule is C=C(CCCCC)C(C)CC. The van der Waals surface area contributed by atoms with Crippen LogP contribution < -0.4 is 0 Å². The van der Waals surface area contributed by atoms with Crippen LogP contribution in [0.3, 0.4) is 0 Å². The standard InChI is InChI=1S/C11H22/c1-5-7-8-9-11(4)10(3)6-2/h10H,4-9H2,1-3H3. The summed E-state index contributed by atoms with van der Waals surface area (Å²) >= 11 is 0. The maximum atomic E-state index is 4.10. The lowest BCUT2D eigenvalue weighted by Crippen LogP contribution is -1.95. The normalized spacial score (nSPS) is 13.0. The van der Waals surface area contributed by atoms with Crippen molar-refractivity contribution in [2.45, 2.75) is 52.9 Å². The van der Waals surface area contributed by atoms with E-state index in [1.54, 1.807) is 0 Å². The molecule has 0 heterocycles. The molecule has 0 amide bonds. The highest BCUT2D eigenvalue weighted by Crippen LogP contribution is 2.18. The van der Waals surface area contributed by atoms with Crippen molar-refractivity contribution in [3.05, 3.63) is 12.2 Å². The number of allylic oxidation sites excluding steroid dienone is 1. The Morgan fingerprint density at radius 3 is 2.36 bits per heavy atom. The summed E-state index contributed by atoms with van der Waals surface area (Å²) in [5, 5.41) is 0. The molecule has 0 N–H and O–H groups in total. The summed E-state index contributed by atoms with van der Waals surface area (Å²) in [4.78, 5) is 0. The molecule has 0 aromatic heterocycles. The summed E-state index contributed by atoms with van der Waals surface area (Å²) in [5.41, 5.74) is 1.45. The van der Waals surface area contributed by atoms with E-state index in [-0.39, 0.29) is 0 Å². The van der Waals surface area contributed by atoms with Gasteiger partial charge in [0.2, 0.25) is 0 Å². The van der Waals surface area contributed by atoms with Crippen molar-refractivity contribution >= 4 is 0 Å². The van der Waals surface area contributed by atoms with Gasteiger partial charge in [-0.3, -0.25) is 0 Å². The van der Waals surface area contributed by atoms with E-state index in [1.165, 1.54) is 37.7 Å². The van der Waals surface area contributed by atoms with Crippen molar-refractivity contribution < 1.29 is 0 Å². The van der Waals surface area contributed by atoms with E-state index in [0.717, 1.165) is 5.92 Å². The predicted molar refractivity (Wildman–Crippen MR) is 52.7 cm³/mol. The highest BCUT2D eigenvalue weighted by atomic mass is 14.1. The zero-order valence-electron chi connectivity index (χ0n) is 8.32. The van der Waals surface area contributed by atoms with Crippen LogP contribution in [0.25, 0.3) is 0 Å². The molecule has 0 spiro atoms. The van der Waals surface area contributed by atoms with E-state index in [9.17, 15) is 0 Å². The van der Waals surface area contributed by atoms with Gasteiger partial charge in [0.25, 0.3) is 0 Å². The first-order valence-corrected chi connectivity index (χ1v) is 4.90. The van der Waals surface area contributed by atoms with Gasteiger partial charge in [0, 0.05) is 0 Å². The maximum Gasteiger partial charge on any atom is -0.0237 e. The molecule has 11 heavy (non-hydrogen) atoms. The summed E-state index contributed by atoms with van der Waals surface area (Å²) in [6, 6.07) is 0. The quantitative estimate of drug-likeness (QED) is 0.398. The molecule has 0 aromatic carbocycles. The fraction of sp³-hybridized carbons (Fsp3) is 0.818. The van der Waals surface area contributed by atoms with Crippen LogP contribution in [-0.2, 0) is 0 Å². The second-order valence-corrected chi connectivity index (χ2v) is 3.42. The minimum atomic E-state index is 0.729. The zero-order valence-corrected chi connectivity index (χ0v) is 8.32. The molecule has 1 atom stereocenters. The van der Waals surface area contributed by atoms with Gasteiger partial charge in [-0.1, -0.05) is 45.8 Å². The Balaban J connectivity index is 3.36. The van der Waals surface area contributed by atoms with Crippen molar-refractivity contribution in [3.63, 3.8) is 0 Å². The molecule has 0 nitrogen and oxygen atoms in total. The summed E-state index contributed by atoms with van der Waals surface area (Å²) in [6.07, 6.45) is 6.48. The van der Waals surface area contributed by atoms with Crippen LogP contribution >= 0.6 is 0 Å². The Morgan fingerprint density at radius 1 is 1.27 bits per heavy atom. The topological polar surface area (TPSA) is 0 Å². The van der Waals surface area contributed by atoms with Crippen LogP contribution in [0.4, 0.5) is 0 Å². The molecule has 0 saturated heterocycles. The summed E-state index contributed by atoms with van der Waals surface area (Å²) < 4.78 is 0. The Bertz CT molecular complexity index is 103. The van der Waals surface area contributed by atoms with Crippen molar-refractivity contribution in [1.82, 2.24) is 0 Å². The van der Waals surface area contributed by atoms with Gasteiger partial charge in [-0.15, -0.1) is 0 Å². The molecule has 0 saturated carbocycles. The van der Waals surface area contributed by atoms with Crippen LogP contribution in [0, 0.1) is 5.92 Å². The monoisotopic (exact) mass is 154 g/mol. The Hall–Kier alpha value is -0.260. The van der Waals surface area contributed by atoms with Gasteiger partial charge < -0.3 is 0 Å². The third-order valence-corrected chi connectivity index (χ3v) is 2.41. The molecule has 1 unspecified atom stereocenters. The highest BCUT2D eigenvalue weighted by Gasteiger charge is 2.02. The van der Waals surface area contributed by atoms with Gasteiger partial charge in [-0.05, 0) is 25.2 Å². The largest absolute Gasteiger partial charge is 0.0996 e. The smallest absolute Gasteiger partial charge is 0.0237 e. The van der Waals surface area contributed by atoms with Gasteiger partial charge in [0.05, 0.1) is 0 Å². The average molecular weight is 154 g/mol. The van der Waals surface area contributed by atoms with Crippen molar-refractivity contribution in [1.29, 1.82) is 0 Å². The Kier molecular flexibility index (Phi) is 6.30. The van der Waals surface area contributed by atoms with Crippen LogP contribution in [0.1, 0.15) is 52.9 Å². The molecular formula is C11H22. The van der Waals surface area contributed by atoms with E-state index in [2.05, 4.69) is 27.4 Å². The zero-order chi connectivity index (χ0) is 8.69. The molecule has 0 aliphatic carbocycles. The van der Waals surface area contributed by atoms with E-state index in [4.69, 9.17) is 0 Å². The highest BCUT2D eigenvalue weighted by molar-refractivity contribution is 4.98. The molecule has 0 bridgehead atoms. The van der Waals surface area contributed by atoms with Gasteiger partial charge in [0.1, 0.15) is 0 Å². The number of hydrogen-bond donors (Lipinski definition) is 0. The lowest BCUT2D eigenvalue weighted by atomic mass is 9.95. The van der Waals surface area contributed by atoms with Gasteiger partial charge in [-0.2, -0.15) is 0 Å². The van der Waals surface area contributed by atoms with Gasteiger partial charge >= 0.3 is 0 Å². The van der Waals surface area contributed by atoms with Gasteiger partial charge in [-0.25, -0.2) is 0 Å².